The predicted octanol–water partition coefficient (Wildman–Crippen LogP) is 1.41. The van der Waals surface area contributed by atoms with Crippen LogP contribution in [0.25, 0.3) is 5.01 Å². The molecule has 0 fully saturated rings. The molecule has 0 heterocycles. The smallest absolute Gasteiger partial charge is 0.244 e. The van der Waals surface area contributed by atoms with Gasteiger partial charge in [-0.05, 0) is 5.01 Å². The first-order chi connectivity index (χ1) is 3.77. The van der Waals surface area contributed by atoms with E-state index < -0.39 is 5.97 Å². The maximum atomic E-state index is 9.61. The van der Waals surface area contributed by atoms with Crippen molar-refractivity contribution in [3.8, 4) is 0 Å². The van der Waals surface area contributed by atoms with Gasteiger partial charge in [-0.3, -0.25) is 0 Å². The monoisotopic (exact) mass is 115 g/mol. The Hall–Kier alpha value is -1.04. The Labute approximate surface area is 49.0 Å². The zero-order valence-corrected chi connectivity index (χ0v) is 5.26. The third-order valence-electron chi connectivity index (χ3n) is 0.174. The zero-order valence-electron chi connectivity index (χ0n) is 5.26. The highest BCUT2D eigenvalue weighted by atomic mass is 16.7. The molecule has 0 aromatic rings. The average molecular weight is 115 g/mol. The summed E-state index contributed by atoms with van der Waals surface area (Å²) in [6, 6.07) is 0. The molecule has 0 atom stereocenters. The molecule has 0 N–H and O–H groups in total. The molecular formula is C5H9NO2. The van der Waals surface area contributed by atoms with Crippen LogP contribution in [-0.4, -0.2) is 5.97 Å². The van der Waals surface area contributed by atoms with E-state index in [1.54, 1.807) is 0 Å². The van der Waals surface area contributed by atoms with Crippen molar-refractivity contribution in [1.29, 1.82) is 0 Å². The second-order valence-corrected chi connectivity index (χ2v) is 0.674. The lowest BCUT2D eigenvalue weighted by Crippen LogP contribution is -1.85. The maximum absolute atomic E-state index is 9.61. The first-order valence-corrected chi connectivity index (χ1v) is 2.31. The molecule has 0 aromatic carbocycles. The van der Waals surface area contributed by atoms with Gasteiger partial charge < -0.3 is 0 Å². The molecule has 0 aliphatic rings. The second-order valence-electron chi connectivity index (χ2n) is 0.674. The molecule has 0 rings (SSSR count). The predicted molar refractivity (Wildman–Crippen MR) is 29.7 cm³/mol. The molecular weight excluding hydrogens is 106 g/mol. The molecule has 46 valence electrons. The molecule has 0 aliphatic heterocycles. The molecule has 0 spiro atoms. The Morgan fingerprint density at radius 3 is 2.00 bits per heavy atom. The van der Waals surface area contributed by atoms with Gasteiger partial charge in [0.2, 0.25) is 0 Å². The minimum Gasteiger partial charge on any atom is -0.244 e. The molecule has 0 radical (unpaired) electrons. The summed E-state index contributed by atoms with van der Waals surface area (Å²) in [5.74, 6) is -0.565. The van der Waals surface area contributed by atoms with Crippen molar-refractivity contribution >= 4 is 5.97 Å². The van der Waals surface area contributed by atoms with Gasteiger partial charge >= 0.3 is 5.97 Å². The van der Waals surface area contributed by atoms with Gasteiger partial charge in [-0.15, -0.1) is 4.84 Å². The normalized spacial score (nSPS) is 5.25. The van der Waals surface area contributed by atoms with Crippen molar-refractivity contribution in [1.82, 2.24) is 0 Å². The highest BCUT2D eigenvalue weighted by Crippen LogP contribution is 1.70. The van der Waals surface area contributed by atoms with Crippen LogP contribution < -0.4 is 0 Å². The van der Waals surface area contributed by atoms with Gasteiger partial charge in [-0.1, -0.05) is 13.8 Å². The highest BCUT2D eigenvalue weighted by Gasteiger charge is 1.88. The fraction of sp³-hybridized carbons (Fsp3) is 0.600. The van der Waals surface area contributed by atoms with Gasteiger partial charge in [0, 0.05) is 6.92 Å². The van der Waals surface area contributed by atoms with Gasteiger partial charge in [0.25, 0.3) is 0 Å². The second kappa shape index (κ2) is 9.35. The number of nitrogens with zero attached hydrogens (tertiary/aromatic N) is 1. The molecule has 0 unspecified atom stereocenters. The molecule has 3 nitrogen and oxygen atoms in total. The Morgan fingerprint density at radius 1 is 1.62 bits per heavy atom. The SMILES string of the molecule is CC.[C-]#[N+]OC(C)=O. The van der Waals surface area contributed by atoms with E-state index in [0.29, 0.717) is 0 Å². The summed E-state index contributed by atoms with van der Waals surface area (Å²) >= 11 is 0. The van der Waals surface area contributed by atoms with Gasteiger partial charge in [-0.2, -0.15) is 6.57 Å². The maximum Gasteiger partial charge on any atom is 0.392 e. The number of hydrogen-bond donors (Lipinski definition) is 0. The summed E-state index contributed by atoms with van der Waals surface area (Å²) in [7, 11) is 0. The van der Waals surface area contributed by atoms with Gasteiger partial charge in [0.15, 0.2) is 0 Å². The summed E-state index contributed by atoms with van der Waals surface area (Å²) in [5.41, 5.74) is 0. The van der Waals surface area contributed by atoms with E-state index in [0.717, 1.165) is 0 Å². The van der Waals surface area contributed by atoms with Crippen molar-refractivity contribution in [3.63, 3.8) is 0 Å². The number of rotatable bonds is 0. The first kappa shape index (κ1) is 10.0. The molecule has 0 aliphatic carbocycles. The largest absolute Gasteiger partial charge is 0.392 e. The number of hydrogen-bond acceptors (Lipinski definition) is 2. The fourth-order valence-corrected chi connectivity index (χ4v) is 0.0643. The summed E-state index contributed by atoms with van der Waals surface area (Å²) in [6.07, 6.45) is 0. The standard InChI is InChI=1S/C3H3NO2.C2H6/c1-3(5)6-4-2;1-2/h1H3;1-2H3. The molecule has 8 heavy (non-hydrogen) atoms. The molecule has 0 amide bonds. The minimum atomic E-state index is -0.565. The van der Waals surface area contributed by atoms with Crippen molar-refractivity contribution in [2.24, 2.45) is 0 Å². The van der Waals surface area contributed by atoms with E-state index in [9.17, 15) is 4.79 Å². The summed E-state index contributed by atoms with van der Waals surface area (Å²) in [5, 5.41) is 2.34. The summed E-state index contributed by atoms with van der Waals surface area (Å²) in [4.78, 5) is 13.3. The third kappa shape index (κ3) is 20.2. The Kier molecular flexibility index (Phi) is 11.7. The first-order valence-electron chi connectivity index (χ1n) is 2.31. The van der Waals surface area contributed by atoms with Crippen LogP contribution >= 0.6 is 0 Å². The minimum absolute atomic E-state index is 0.565. The van der Waals surface area contributed by atoms with Crippen LogP contribution in [0.4, 0.5) is 0 Å². The van der Waals surface area contributed by atoms with Gasteiger partial charge in [0.1, 0.15) is 0 Å². The molecule has 0 aromatic heterocycles. The Bertz CT molecular complexity index is 93.1. The van der Waals surface area contributed by atoms with E-state index in [4.69, 9.17) is 6.57 Å². The lowest BCUT2D eigenvalue weighted by molar-refractivity contribution is -0.135. The molecule has 0 saturated carbocycles. The average Bonchev–Trinajstić information content (AvgIpc) is 1.72. The Balaban J connectivity index is 0. The third-order valence-corrected chi connectivity index (χ3v) is 0.174. The van der Waals surface area contributed by atoms with E-state index in [1.807, 2.05) is 13.8 Å². The zero-order chi connectivity index (χ0) is 6.99. The van der Waals surface area contributed by atoms with Crippen molar-refractivity contribution in [2.45, 2.75) is 20.8 Å². The van der Waals surface area contributed by atoms with E-state index in [1.165, 1.54) is 6.92 Å². The Morgan fingerprint density at radius 2 is 2.00 bits per heavy atom. The van der Waals surface area contributed by atoms with Crippen LogP contribution in [-0.2, 0) is 9.63 Å². The van der Waals surface area contributed by atoms with Crippen LogP contribution in [0.2, 0.25) is 0 Å². The van der Waals surface area contributed by atoms with Crippen molar-refractivity contribution < 1.29 is 9.63 Å². The van der Waals surface area contributed by atoms with E-state index in [-0.39, 0.29) is 0 Å². The lowest BCUT2D eigenvalue weighted by Gasteiger charge is -1.68. The molecule has 0 bridgehead atoms. The van der Waals surface area contributed by atoms with E-state index in [2.05, 4.69) is 9.85 Å². The van der Waals surface area contributed by atoms with Crippen molar-refractivity contribution in [2.75, 3.05) is 0 Å². The van der Waals surface area contributed by atoms with Gasteiger partial charge in [0.05, 0.1) is 0 Å². The topological polar surface area (TPSA) is 30.7 Å². The van der Waals surface area contributed by atoms with Crippen LogP contribution in [0.15, 0.2) is 0 Å². The van der Waals surface area contributed by atoms with Crippen LogP contribution in [0.3, 0.4) is 0 Å². The van der Waals surface area contributed by atoms with E-state index >= 15 is 0 Å². The summed E-state index contributed by atoms with van der Waals surface area (Å²) < 4.78 is 0. The fourth-order valence-electron chi connectivity index (χ4n) is 0.0643. The van der Waals surface area contributed by atoms with Gasteiger partial charge in [-0.25, -0.2) is 4.79 Å². The van der Waals surface area contributed by atoms with Crippen LogP contribution in [0, 0.1) is 6.57 Å². The molecule has 0 saturated heterocycles. The number of carbonyl (C=O) groups is 1. The summed E-state index contributed by atoms with van der Waals surface area (Å²) in [6.45, 7) is 11.1. The van der Waals surface area contributed by atoms with Crippen LogP contribution in [0.5, 0.6) is 0 Å². The van der Waals surface area contributed by atoms with Crippen molar-refractivity contribution in [3.05, 3.63) is 11.6 Å². The highest BCUT2D eigenvalue weighted by molar-refractivity contribution is 5.66. The quantitative estimate of drug-likeness (QED) is 0.353. The number of carbonyl (C=O) groups excluding carboxylic acids is 1. The van der Waals surface area contributed by atoms with Crippen LogP contribution in [0.1, 0.15) is 20.8 Å². The molecule has 3 heteroatoms. The lowest BCUT2D eigenvalue weighted by atomic mass is 10.8.